The minimum Gasteiger partial charge on any atom is -0.490 e. The number of amides is 1. The highest BCUT2D eigenvalue weighted by Crippen LogP contribution is 2.54. The van der Waals surface area contributed by atoms with Crippen molar-refractivity contribution in [2.45, 2.75) is 50.8 Å². The number of nitrogens with zero attached hydrogens (tertiary/aromatic N) is 1. The van der Waals surface area contributed by atoms with Gasteiger partial charge in [0.15, 0.2) is 5.17 Å². The first-order valence-corrected chi connectivity index (χ1v) is 11.4. The van der Waals surface area contributed by atoms with Crippen molar-refractivity contribution in [3.8, 4) is 5.75 Å². The molecule has 0 aromatic heterocycles. The molecular weight excluding hydrogens is 442 g/mol. The molecular formula is C20H26BrN3O3S. The largest absolute Gasteiger partial charge is 0.490 e. The maximum atomic E-state index is 12.6. The number of aliphatic imine (C=N–C) groups is 1. The van der Waals surface area contributed by atoms with E-state index in [1.54, 1.807) is 25.6 Å². The van der Waals surface area contributed by atoms with Crippen LogP contribution in [0.15, 0.2) is 27.7 Å². The zero-order valence-electron chi connectivity index (χ0n) is 16.1. The number of aliphatic hydroxyl groups excluding tert-OH is 1. The number of halogens is 1. The molecule has 0 radical (unpaired) electrons. The maximum Gasteiger partial charge on any atom is 0.228 e. The van der Waals surface area contributed by atoms with Gasteiger partial charge in [-0.3, -0.25) is 4.79 Å². The minimum absolute atomic E-state index is 0.0378. The predicted octanol–water partition coefficient (Wildman–Crippen LogP) is 2.77. The van der Waals surface area contributed by atoms with Crippen molar-refractivity contribution in [2.75, 3.05) is 12.4 Å². The van der Waals surface area contributed by atoms with Crippen molar-refractivity contribution in [3.63, 3.8) is 0 Å². The molecule has 0 saturated heterocycles. The normalized spacial score (nSPS) is 31.6. The fraction of sp³-hybridized carbons (Fsp3) is 0.600. The molecule has 3 aliphatic rings. The van der Waals surface area contributed by atoms with Crippen molar-refractivity contribution < 1.29 is 14.6 Å². The smallest absolute Gasteiger partial charge is 0.228 e. The molecule has 1 aromatic carbocycles. The topological polar surface area (TPSA) is 96.9 Å². The van der Waals surface area contributed by atoms with E-state index in [9.17, 15) is 9.90 Å². The molecule has 2 heterocycles. The second-order valence-corrected chi connectivity index (χ2v) is 10.5. The quantitative estimate of drug-likeness (QED) is 0.634. The van der Waals surface area contributed by atoms with Crippen LogP contribution in [0.5, 0.6) is 5.75 Å². The first kappa shape index (κ1) is 20.0. The standard InChI is InChI=1S/C20H26BrN3O3S/c1-19(2,9-25)17(26)23-12-4-6-16-14(8-12)20(10-28-18(22)24-20)13-7-11(21)3-5-15(13)27-16/h3,5,7,12,14,16,25H,4,6,8-10H2,1-2H3,(H2,22,24)(H,23,26)/t12?,14-,16-,20?/m0/s1. The van der Waals surface area contributed by atoms with E-state index >= 15 is 0 Å². The van der Waals surface area contributed by atoms with Gasteiger partial charge in [0.2, 0.25) is 5.91 Å². The molecule has 1 amide bonds. The second-order valence-electron chi connectivity index (χ2n) is 8.59. The fourth-order valence-corrected chi connectivity index (χ4v) is 5.84. The molecule has 1 fully saturated rings. The van der Waals surface area contributed by atoms with Gasteiger partial charge < -0.3 is 20.9 Å². The van der Waals surface area contributed by atoms with Gasteiger partial charge in [0.05, 0.1) is 12.0 Å². The lowest BCUT2D eigenvalue weighted by atomic mass is 9.67. The number of nitrogens with two attached hydrogens (primary N) is 1. The Labute approximate surface area is 177 Å². The molecule has 1 saturated carbocycles. The van der Waals surface area contributed by atoms with E-state index in [-0.39, 0.29) is 30.6 Å². The molecule has 6 nitrogen and oxygen atoms in total. The van der Waals surface area contributed by atoms with Crippen LogP contribution in [0.3, 0.4) is 0 Å². The fourth-order valence-electron chi connectivity index (χ4n) is 4.45. The Morgan fingerprint density at radius 3 is 2.96 bits per heavy atom. The predicted molar refractivity (Wildman–Crippen MR) is 114 cm³/mol. The number of nitrogens with one attached hydrogen (secondary N) is 1. The summed E-state index contributed by atoms with van der Waals surface area (Å²) in [6, 6.07) is 6.12. The van der Waals surface area contributed by atoms with Crippen LogP contribution >= 0.6 is 27.7 Å². The summed E-state index contributed by atoms with van der Waals surface area (Å²) >= 11 is 5.16. The Kier molecular flexibility index (Phi) is 5.17. The number of carbonyl (C=O) groups is 1. The third kappa shape index (κ3) is 3.33. The highest BCUT2D eigenvalue weighted by atomic mass is 79.9. The van der Waals surface area contributed by atoms with Gasteiger partial charge >= 0.3 is 0 Å². The Balaban J connectivity index is 1.65. The summed E-state index contributed by atoms with van der Waals surface area (Å²) in [5.74, 6) is 1.69. The molecule has 1 aromatic rings. The molecule has 2 aliphatic heterocycles. The van der Waals surface area contributed by atoms with Crippen LogP contribution in [-0.4, -0.2) is 40.7 Å². The van der Waals surface area contributed by atoms with Gasteiger partial charge in [-0.15, -0.1) is 0 Å². The number of carbonyl (C=O) groups excluding carboxylic acids is 1. The number of fused-ring (bicyclic) bond motifs is 4. The Bertz CT molecular complexity index is 831. The first-order valence-electron chi connectivity index (χ1n) is 9.62. The van der Waals surface area contributed by atoms with Crippen molar-refractivity contribution in [1.29, 1.82) is 0 Å². The summed E-state index contributed by atoms with van der Waals surface area (Å²) in [7, 11) is 0. The van der Waals surface area contributed by atoms with Gasteiger partial charge in [0, 0.05) is 27.7 Å². The van der Waals surface area contributed by atoms with Crippen LogP contribution in [0.1, 0.15) is 38.7 Å². The molecule has 4 atom stereocenters. The Morgan fingerprint density at radius 2 is 2.29 bits per heavy atom. The van der Waals surface area contributed by atoms with E-state index in [0.717, 1.165) is 40.8 Å². The summed E-state index contributed by atoms with van der Waals surface area (Å²) < 4.78 is 7.35. The first-order chi connectivity index (χ1) is 13.2. The number of rotatable bonds is 3. The number of hydrogen-bond acceptors (Lipinski definition) is 6. The van der Waals surface area contributed by atoms with Crippen LogP contribution in [0.25, 0.3) is 0 Å². The van der Waals surface area contributed by atoms with Gasteiger partial charge in [-0.25, -0.2) is 4.99 Å². The number of thioether (sulfide) groups is 1. The van der Waals surface area contributed by atoms with Crippen molar-refractivity contribution in [1.82, 2.24) is 5.32 Å². The van der Waals surface area contributed by atoms with E-state index in [0.29, 0.717) is 5.17 Å². The lowest BCUT2D eigenvalue weighted by molar-refractivity contribution is -0.132. The van der Waals surface area contributed by atoms with E-state index in [1.165, 1.54) is 0 Å². The SMILES string of the molecule is CC(C)(CO)C(=O)NC1CC[C@@H]2Oc3ccc(Br)cc3C3(CSC(N)=N3)[C@H]2C1. The Hall–Kier alpha value is -1.25. The number of aliphatic hydroxyl groups is 1. The Morgan fingerprint density at radius 1 is 1.50 bits per heavy atom. The van der Waals surface area contributed by atoms with Gasteiger partial charge in [-0.2, -0.15) is 0 Å². The highest BCUT2D eigenvalue weighted by Gasteiger charge is 2.54. The van der Waals surface area contributed by atoms with Crippen LogP contribution in [0.2, 0.25) is 0 Å². The molecule has 2 unspecified atom stereocenters. The molecule has 0 bridgehead atoms. The average molecular weight is 468 g/mol. The summed E-state index contributed by atoms with van der Waals surface area (Å²) in [5.41, 5.74) is 5.96. The zero-order valence-corrected chi connectivity index (χ0v) is 18.5. The van der Waals surface area contributed by atoms with Crippen molar-refractivity contribution in [3.05, 3.63) is 28.2 Å². The molecule has 28 heavy (non-hydrogen) atoms. The molecule has 1 aliphatic carbocycles. The van der Waals surface area contributed by atoms with Crippen molar-refractivity contribution in [2.24, 2.45) is 22.1 Å². The van der Waals surface area contributed by atoms with Gasteiger partial charge in [0.25, 0.3) is 0 Å². The third-order valence-electron chi connectivity index (χ3n) is 6.18. The number of hydrogen-bond donors (Lipinski definition) is 3. The van der Waals surface area contributed by atoms with Gasteiger partial charge in [-0.05, 0) is 51.3 Å². The zero-order chi connectivity index (χ0) is 20.1. The molecule has 8 heteroatoms. The van der Waals surface area contributed by atoms with E-state index < -0.39 is 11.0 Å². The van der Waals surface area contributed by atoms with Crippen LogP contribution in [-0.2, 0) is 10.3 Å². The second kappa shape index (κ2) is 7.22. The molecule has 1 spiro atoms. The highest BCUT2D eigenvalue weighted by molar-refractivity contribution is 9.10. The van der Waals surface area contributed by atoms with E-state index in [4.69, 9.17) is 15.5 Å². The van der Waals surface area contributed by atoms with E-state index in [1.807, 2.05) is 12.1 Å². The molecule has 152 valence electrons. The monoisotopic (exact) mass is 467 g/mol. The number of ether oxygens (including phenoxy) is 1. The maximum absolute atomic E-state index is 12.6. The third-order valence-corrected chi connectivity index (χ3v) is 7.65. The van der Waals surface area contributed by atoms with Crippen LogP contribution in [0.4, 0.5) is 0 Å². The summed E-state index contributed by atoms with van der Waals surface area (Å²) in [6.07, 6.45) is 2.54. The lowest BCUT2D eigenvalue weighted by Crippen LogP contribution is -2.55. The minimum atomic E-state index is -0.791. The summed E-state index contributed by atoms with van der Waals surface area (Å²) in [4.78, 5) is 17.5. The lowest BCUT2D eigenvalue weighted by Gasteiger charge is -2.49. The van der Waals surface area contributed by atoms with Crippen LogP contribution in [0, 0.1) is 11.3 Å². The van der Waals surface area contributed by atoms with Crippen molar-refractivity contribution >= 4 is 38.8 Å². The summed E-state index contributed by atoms with van der Waals surface area (Å²) in [6.45, 7) is 3.33. The number of amidine groups is 1. The number of benzene rings is 1. The molecule has 4 N–H and O–H groups in total. The summed E-state index contributed by atoms with van der Waals surface area (Å²) in [5, 5.41) is 13.2. The van der Waals surface area contributed by atoms with Crippen LogP contribution < -0.4 is 15.8 Å². The molecule has 4 rings (SSSR count). The van der Waals surface area contributed by atoms with E-state index in [2.05, 4.69) is 27.3 Å². The van der Waals surface area contributed by atoms with Gasteiger partial charge in [0.1, 0.15) is 17.4 Å². The van der Waals surface area contributed by atoms with Gasteiger partial charge in [-0.1, -0.05) is 27.7 Å². The average Bonchev–Trinajstić information content (AvgIpc) is 3.05.